The summed E-state index contributed by atoms with van der Waals surface area (Å²) in [6, 6.07) is 10.2. The molecule has 1 amide bonds. The molecule has 0 aliphatic heterocycles. The van der Waals surface area contributed by atoms with E-state index in [0.717, 1.165) is 5.56 Å². The van der Waals surface area contributed by atoms with Gasteiger partial charge in [-0.15, -0.1) is 11.3 Å². The minimum absolute atomic E-state index is 0.0881. The van der Waals surface area contributed by atoms with Gasteiger partial charge in [-0.1, -0.05) is 0 Å². The van der Waals surface area contributed by atoms with Crippen molar-refractivity contribution in [2.24, 2.45) is 0 Å². The molecule has 0 saturated heterocycles. The van der Waals surface area contributed by atoms with Gasteiger partial charge in [0.15, 0.2) is 29.0 Å². The van der Waals surface area contributed by atoms with Gasteiger partial charge in [-0.25, -0.2) is 4.98 Å². The van der Waals surface area contributed by atoms with Gasteiger partial charge in [0.1, 0.15) is 11.5 Å². The van der Waals surface area contributed by atoms with E-state index in [1.54, 1.807) is 44.6 Å². The van der Waals surface area contributed by atoms with Crippen molar-refractivity contribution in [2.45, 2.75) is 6.92 Å². The highest BCUT2D eigenvalue weighted by atomic mass is 32.1. The molecule has 0 radical (unpaired) electrons. The van der Waals surface area contributed by atoms with E-state index in [1.165, 1.54) is 25.4 Å². The Bertz CT molecular complexity index is 1100. The summed E-state index contributed by atoms with van der Waals surface area (Å²) < 4.78 is 21.4. The maximum atomic E-state index is 12.3. The lowest BCUT2D eigenvalue weighted by Crippen LogP contribution is -2.20. The Morgan fingerprint density at radius 3 is 2.39 bits per heavy atom. The van der Waals surface area contributed by atoms with E-state index < -0.39 is 0 Å². The van der Waals surface area contributed by atoms with Gasteiger partial charge in [-0.3, -0.25) is 14.9 Å². The van der Waals surface area contributed by atoms with Crippen LogP contribution in [0.15, 0.2) is 41.8 Å². The summed E-state index contributed by atoms with van der Waals surface area (Å²) in [5.74, 6) is 1.60. The molecule has 0 bridgehead atoms. The number of nitrogens with one attached hydrogen (secondary N) is 1. The lowest BCUT2D eigenvalue weighted by molar-refractivity contribution is -0.118. The Morgan fingerprint density at radius 2 is 1.71 bits per heavy atom. The number of thiazole rings is 1. The number of benzene rings is 2. The van der Waals surface area contributed by atoms with Gasteiger partial charge in [0.25, 0.3) is 5.91 Å². The summed E-state index contributed by atoms with van der Waals surface area (Å²) in [6.07, 6.45) is 0. The van der Waals surface area contributed by atoms with E-state index in [4.69, 9.17) is 18.9 Å². The molecule has 1 N–H and O–H groups in total. The Balaban J connectivity index is 1.67. The second kappa shape index (κ2) is 9.94. The summed E-state index contributed by atoms with van der Waals surface area (Å²) in [6.45, 7) is 1.22. The highest BCUT2D eigenvalue weighted by Crippen LogP contribution is 2.35. The van der Waals surface area contributed by atoms with Crippen molar-refractivity contribution < 1.29 is 28.5 Å². The lowest BCUT2D eigenvalue weighted by atomic mass is 10.1. The molecule has 1 heterocycles. The van der Waals surface area contributed by atoms with Crippen LogP contribution in [0.2, 0.25) is 0 Å². The normalized spacial score (nSPS) is 10.3. The molecule has 3 rings (SSSR count). The minimum Gasteiger partial charge on any atom is -0.497 e. The van der Waals surface area contributed by atoms with Crippen LogP contribution in [0, 0.1) is 0 Å². The predicted octanol–water partition coefficient (Wildman–Crippen LogP) is 4.06. The third-order valence-electron chi connectivity index (χ3n) is 4.36. The van der Waals surface area contributed by atoms with Crippen LogP contribution in [0.3, 0.4) is 0 Å². The summed E-state index contributed by atoms with van der Waals surface area (Å²) >= 11 is 1.28. The van der Waals surface area contributed by atoms with Gasteiger partial charge in [0.05, 0.1) is 27.0 Å². The average Bonchev–Trinajstić information content (AvgIpc) is 3.25. The fourth-order valence-electron chi connectivity index (χ4n) is 2.77. The number of carbonyl (C=O) groups excluding carboxylic acids is 2. The standard InChI is InChI=1S/C22H22N2O6S/c1-13(25)14-5-7-19(20(9-14)29-4)30-11-21(26)24-22-23-17(12-31-22)16-10-15(27-2)6-8-18(16)28-3/h5-10,12H,11H2,1-4H3,(H,23,24,26). The zero-order valence-corrected chi connectivity index (χ0v) is 18.4. The molecule has 9 heteroatoms. The van der Waals surface area contributed by atoms with E-state index in [0.29, 0.717) is 39.4 Å². The van der Waals surface area contributed by atoms with Crippen LogP contribution < -0.4 is 24.3 Å². The number of Topliss-reactive ketones (excluding diaryl/α,β-unsaturated/α-hetero) is 1. The average molecular weight is 442 g/mol. The minimum atomic E-state index is -0.379. The molecule has 0 atom stereocenters. The molecule has 162 valence electrons. The Kier molecular flexibility index (Phi) is 7.09. The van der Waals surface area contributed by atoms with E-state index in [2.05, 4.69) is 10.3 Å². The molecule has 0 fully saturated rings. The monoisotopic (exact) mass is 442 g/mol. The van der Waals surface area contributed by atoms with Gasteiger partial charge in [-0.2, -0.15) is 0 Å². The molecule has 1 aromatic heterocycles. The van der Waals surface area contributed by atoms with Crippen molar-refractivity contribution in [3.05, 3.63) is 47.3 Å². The zero-order valence-electron chi connectivity index (χ0n) is 17.6. The molecule has 0 aliphatic rings. The first-order valence-corrected chi connectivity index (χ1v) is 10.1. The maximum absolute atomic E-state index is 12.3. The summed E-state index contributed by atoms with van der Waals surface area (Å²) in [4.78, 5) is 28.3. The van der Waals surface area contributed by atoms with Crippen molar-refractivity contribution in [3.8, 4) is 34.3 Å². The number of ketones is 1. The van der Waals surface area contributed by atoms with Crippen molar-refractivity contribution in [2.75, 3.05) is 33.3 Å². The molecule has 3 aromatic rings. The van der Waals surface area contributed by atoms with Crippen LogP contribution in [0.4, 0.5) is 5.13 Å². The molecule has 8 nitrogen and oxygen atoms in total. The fraction of sp³-hybridized carbons (Fsp3) is 0.227. The van der Waals surface area contributed by atoms with Crippen molar-refractivity contribution in [3.63, 3.8) is 0 Å². The number of rotatable bonds is 9. The topological polar surface area (TPSA) is 96.0 Å². The molecule has 0 aliphatic carbocycles. The molecule has 0 unspecified atom stereocenters. The predicted molar refractivity (Wildman–Crippen MR) is 118 cm³/mol. The van der Waals surface area contributed by atoms with Crippen LogP contribution in [-0.2, 0) is 4.79 Å². The first-order valence-electron chi connectivity index (χ1n) is 9.24. The highest BCUT2D eigenvalue weighted by molar-refractivity contribution is 7.14. The smallest absolute Gasteiger partial charge is 0.264 e. The number of hydrogen-bond acceptors (Lipinski definition) is 8. The van der Waals surface area contributed by atoms with Gasteiger partial charge >= 0.3 is 0 Å². The number of anilines is 1. The Hall–Kier alpha value is -3.59. The second-order valence-electron chi connectivity index (χ2n) is 6.36. The highest BCUT2D eigenvalue weighted by Gasteiger charge is 2.14. The number of nitrogens with zero attached hydrogens (tertiary/aromatic N) is 1. The quantitative estimate of drug-likeness (QED) is 0.499. The summed E-state index contributed by atoms with van der Waals surface area (Å²) in [5, 5.41) is 4.95. The van der Waals surface area contributed by atoms with E-state index in [-0.39, 0.29) is 18.3 Å². The molecular formula is C22H22N2O6S. The number of carbonyl (C=O) groups is 2. The van der Waals surface area contributed by atoms with Gasteiger partial charge < -0.3 is 18.9 Å². The number of aromatic nitrogens is 1. The zero-order chi connectivity index (χ0) is 22.4. The molecule has 31 heavy (non-hydrogen) atoms. The van der Waals surface area contributed by atoms with Crippen LogP contribution in [0.5, 0.6) is 23.0 Å². The third-order valence-corrected chi connectivity index (χ3v) is 5.12. The van der Waals surface area contributed by atoms with Crippen LogP contribution in [-0.4, -0.2) is 44.6 Å². The number of ether oxygens (including phenoxy) is 4. The molecular weight excluding hydrogens is 420 g/mol. The van der Waals surface area contributed by atoms with Gasteiger partial charge in [0.2, 0.25) is 0 Å². The van der Waals surface area contributed by atoms with Crippen LogP contribution in [0.25, 0.3) is 11.3 Å². The lowest BCUT2D eigenvalue weighted by Gasteiger charge is -2.11. The van der Waals surface area contributed by atoms with E-state index in [9.17, 15) is 9.59 Å². The first kappa shape index (κ1) is 22.1. The Morgan fingerprint density at radius 1 is 0.968 bits per heavy atom. The molecule has 2 aromatic carbocycles. The van der Waals surface area contributed by atoms with Gasteiger partial charge in [-0.05, 0) is 43.3 Å². The maximum Gasteiger partial charge on any atom is 0.264 e. The molecule has 0 saturated carbocycles. The summed E-state index contributed by atoms with van der Waals surface area (Å²) in [7, 11) is 4.63. The van der Waals surface area contributed by atoms with E-state index >= 15 is 0 Å². The van der Waals surface area contributed by atoms with Crippen molar-refractivity contribution in [1.82, 2.24) is 4.98 Å². The number of amides is 1. The largest absolute Gasteiger partial charge is 0.497 e. The first-order chi connectivity index (χ1) is 14.9. The third kappa shape index (κ3) is 5.32. The molecule has 0 spiro atoms. The second-order valence-corrected chi connectivity index (χ2v) is 7.22. The van der Waals surface area contributed by atoms with Crippen LogP contribution >= 0.6 is 11.3 Å². The Labute approximate surface area is 183 Å². The van der Waals surface area contributed by atoms with E-state index in [1.807, 2.05) is 11.4 Å². The number of hydrogen-bond donors (Lipinski definition) is 1. The number of methoxy groups -OCH3 is 3. The van der Waals surface area contributed by atoms with Crippen molar-refractivity contribution in [1.29, 1.82) is 0 Å². The summed E-state index contributed by atoms with van der Waals surface area (Å²) in [5.41, 5.74) is 1.90. The fourth-order valence-corrected chi connectivity index (χ4v) is 3.50. The van der Waals surface area contributed by atoms with Crippen molar-refractivity contribution >= 4 is 28.2 Å². The SMILES string of the molecule is COc1ccc(OC)c(-c2csc(NC(=O)COc3ccc(C(C)=O)cc3OC)n2)c1. The van der Waals surface area contributed by atoms with Crippen LogP contribution in [0.1, 0.15) is 17.3 Å². The van der Waals surface area contributed by atoms with Gasteiger partial charge in [0, 0.05) is 16.5 Å².